The van der Waals surface area contributed by atoms with Gasteiger partial charge >= 0.3 is 0 Å². The number of sulfonamides is 1. The molecule has 8 nitrogen and oxygen atoms in total. The number of nitrogens with two attached hydrogens (primary N) is 1. The van der Waals surface area contributed by atoms with Gasteiger partial charge in [-0.05, 0) is 19.3 Å². The highest BCUT2D eigenvalue weighted by molar-refractivity contribution is 7.89. The van der Waals surface area contributed by atoms with Gasteiger partial charge in [0.1, 0.15) is 16.4 Å². The summed E-state index contributed by atoms with van der Waals surface area (Å²) in [6, 6.07) is 2.64. The van der Waals surface area contributed by atoms with Crippen LogP contribution in [0.3, 0.4) is 0 Å². The fraction of sp³-hybridized carbons (Fsp3) is 0.533. The second-order valence-electron chi connectivity index (χ2n) is 6.08. The minimum absolute atomic E-state index is 0. The Morgan fingerprint density at radius 3 is 2.80 bits per heavy atom. The third kappa shape index (κ3) is 4.35. The molecule has 1 aliphatic carbocycles. The van der Waals surface area contributed by atoms with Crippen LogP contribution in [0.25, 0.3) is 0 Å². The quantitative estimate of drug-likeness (QED) is 0.704. The van der Waals surface area contributed by atoms with Gasteiger partial charge in [0.05, 0.1) is 12.8 Å². The molecule has 0 spiro atoms. The van der Waals surface area contributed by atoms with E-state index in [1.165, 1.54) is 19.2 Å². The molecule has 0 saturated heterocycles. The van der Waals surface area contributed by atoms with Crippen molar-refractivity contribution in [2.24, 2.45) is 5.73 Å². The van der Waals surface area contributed by atoms with Crippen LogP contribution in [0.2, 0.25) is 0 Å². The van der Waals surface area contributed by atoms with Crippen molar-refractivity contribution in [1.82, 2.24) is 4.72 Å². The summed E-state index contributed by atoms with van der Waals surface area (Å²) in [5.41, 5.74) is 6.31. The maximum absolute atomic E-state index is 12.8. The van der Waals surface area contributed by atoms with E-state index in [-0.39, 0.29) is 47.6 Å². The highest BCUT2D eigenvalue weighted by Gasteiger charge is 2.29. The van der Waals surface area contributed by atoms with Crippen molar-refractivity contribution >= 4 is 34.0 Å². The van der Waals surface area contributed by atoms with Gasteiger partial charge < -0.3 is 20.5 Å². The summed E-state index contributed by atoms with van der Waals surface area (Å²) in [6.45, 7) is -0.149. The molecule has 3 rings (SSSR count). The summed E-state index contributed by atoms with van der Waals surface area (Å²) < 4.78 is 38.7. The van der Waals surface area contributed by atoms with E-state index in [9.17, 15) is 13.2 Å². The Balaban J connectivity index is 0.00000225. The lowest BCUT2D eigenvalue weighted by molar-refractivity contribution is -0.118. The lowest BCUT2D eigenvalue weighted by Gasteiger charge is -2.27. The normalized spacial score (nSPS) is 22.9. The van der Waals surface area contributed by atoms with E-state index < -0.39 is 10.0 Å². The van der Waals surface area contributed by atoms with Crippen LogP contribution in [0.15, 0.2) is 17.0 Å². The standard InChI is InChI=1S/C15H21N3O5S.ClH/c1-22-13-6-11-12(23-8-15(19)17-11)7-14(13)24(20,21)18-10-4-2-3-9(16)5-10;/h6-7,9-10,18H,2-5,8,16H2,1H3,(H,17,19);1H. The Hall–Kier alpha value is -1.55. The van der Waals surface area contributed by atoms with Gasteiger partial charge in [0.2, 0.25) is 10.0 Å². The molecule has 1 saturated carbocycles. The smallest absolute Gasteiger partial charge is 0.262 e. The highest BCUT2D eigenvalue weighted by Crippen LogP contribution is 2.37. The second-order valence-corrected chi connectivity index (χ2v) is 7.76. The molecule has 2 atom stereocenters. The van der Waals surface area contributed by atoms with E-state index >= 15 is 0 Å². The van der Waals surface area contributed by atoms with Crippen LogP contribution in [0, 0.1) is 0 Å². The van der Waals surface area contributed by atoms with Gasteiger partial charge in [0.25, 0.3) is 5.91 Å². The summed E-state index contributed by atoms with van der Waals surface area (Å²) >= 11 is 0. The zero-order valence-corrected chi connectivity index (χ0v) is 15.4. The number of ether oxygens (including phenoxy) is 2. The van der Waals surface area contributed by atoms with Gasteiger partial charge in [-0.1, -0.05) is 6.42 Å². The average molecular weight is 392 g/mol. The van der Waals surface area contributed by atoms with E-state index in [1.807, 2.05) is 0 Å². The summed E-state index contributed by atoms with van der Waals surface area (Å²) in [5.74, 6) is 0.151. The van der Waals surface area contributed by atoms with E-state index in [4.69, 9.17) is 15.2 Å². The summed E-state index contributed by atoms with van der Waals surface area (Å²) in [4.78, 5) is 11.4. The second kappa shape index (κ2) is 7.77. The minimum atomic E-state index is -3.80. The van der Waals surface area contributed by atoms with Gasteiger partial charge in [0.15, 0.2) is 6.61 Å². The van der Waals surface area contributed by atoms with E-state index in [2.05, 4.69) is 10.0 Å². The number of anilines is 1. The minimum Gasteiger partial charge on any atom is -0.495 e. The average Bonchev–Trinajstić information content (AvgIpc) is 2.53. The van der Waals surface area contributed by atoms with Crippen molar-refractivity contribution in [3.63, 3.8) is 0 Å². The molecule has 1 amide bonds. The molecule has 2 aliphatic rings. The lowest BCUT2D eigenvalue weighted by Crippen LogP contribution is -2.42. The zero-order chi connectivity index (χ0) is 17.3. The fourth-order valence-electron chi connectivity index (χ4n) is 3.08. The molecular formula is C15H22ClN3O5S. The molecule has 25 heavy (non-hydrogen) atoms. The first-order valence-corrected chi connectivity index (χ1v) is 9.30. The number of nitrogens with one attached hydrogen (secondary N) is 2. The van der Waals surface area contributed by atoms with Crippen LogP contribution in [-0.4, -0.2) is 40.1 Å². The van der Waals surface area contributed by atoms with E-state index in [1.54, 1.807) is 0 Å². The zero-order valence-electron chi connectivity index (χ0n) is 13.8. The number of fused-ring (bicyclic) bond motifs is 1. The molecule has 2 unspecified atom stereocenters. The summed E-state index contributed by atoms with van der Waals surface area (Å²) in [5, 5.41) is 2.62. The van der Waals surface area contributed by atoms with Crippen molar-refractivity contribution in [2.45, 2.75) is 42.7 Å². The first-order chi connectivity index (χ1) is 11.4. The molecule has 1 aromatic rings. The van der Waals surface area contributed by atoms with Gasteiger partial charge in [0, 0.05) is 24.2 Å². The number of hydrogen-bond donors (Lipinski definition) is 3. The lowest BCUT2D eigenvalue weighted by atomic mass is 9.92. The topological polar surface area (TPSA) is 120 Å². The molecule has 1 heterocycles. The third-order valence-corrected chi connectivity index (χ3v) is 5.77. The Kier molecular flexibility index (Phi) is 6.15. The number of hydrogen-bond acceptors (Lipinski definition) is 6. The number of carbonyl (C=O) groups is 1. The van der Waals surface area contributed by atoms with E-state index in [0.717, 1.165) is 19.3 Å². The molecule has 1 aromatic carbocycles. The molecule has 1 fully saturated rings. The Morgan fingerprint density at radius 2 is 2.12 bits per heavy atom. The van der Waals surface area contributed by atoms with Crippen molar-refractivity contribution in [3.05, 3.63) is 12.1 Å². The SMILES string of the molecule is COc1cc2c(cc1S(=O)(=O)NC1CCCC(N)C1)OCC(=O)N2.Cl. The van der Waals surface area contributed by atoms with Crippen LogP contribution in [-0.2, 0) is 14.8 Å². The largest absolute Gasteiger partial charge is 0.495 e. The summed E-state index contributed by atoms with van der Waals surface area (Å²) in [6.07, 6.45) is 3.17. The van der Waals surface area contributed by atoms with Crippen LogP contribution in [0.5, 0.6) is 11.5 Å². The molecule has 0 radical (unpaired) electrons. The summed E-state index contributed by atoms with van der Waals surface area (Å²) in [7, 11) is -2.42. The number of rotatable bonds is 4. The first kappa shape index (κ1) is 19.8. The third-order valence-electron chi connectivity index (χ3n) is 4.22. The number of methoxy groups -OCH3 is 1. The molecule has 4 N–H and O–H groups in total. The van der Waals surface area contributed by atoms with Gasteiger partial charge in [-0.3, -0.25) is 4.79 Å². The van der Waals surface area contributed by atoms with Crippen molar-refractivity contribution in [2.75, 3.05) is 19.0 Å². The Labute approximate surface area is 152 Å². The molecular weight excluding hydrogens is 370 g/mol. The molecule has 1 aliphatic heterocycles. The number of amides is 1. The maximum atomic E-state index is 12.8. The predicted molar refractivity (Wildman–Crippen MR) is 94.9 cm³/mol. The fourth-order valence-corrected chi connectivity index (χ4v) is 4.52. The van der Waals surface area contributed by atoms with Gasteiger partial charge in [-0.25, -0.2) is 13.1 Å². The van der Waals surface area contributed by atoms with Gasteiger partial charge in [-0.2, -0.15) is 0 Å². The van der Waals surface area contributed by atoms with Crippen LogP contribution < -0.4 is 25.2 Å². The van der Waals surface area contributed by atoms with Crippen LogP contribution in [0.4, 0.5) is 5.69 Å². The first-order valence-electron chi connectivity index (χ1n) is 7.81. The maximum Gasteiger partial charge on any atom is 0.262 e. The molecule has 10 heteroatoms. The van der Waals surface area contributed by atoms with Crippen LogP contribution >= 0.6 is 12.4 Å². The number of carbonyl (C=O) groups excluding carboxylic acids is 1. The van der Waals surface area contributed by atoms with Crippen molar-refractivity contribution in [1.29, 1.82) is 0 Å². The molecule has 0 aromatic heterocycles. The van der Waals surface area contributed by atoms with Crippen molar-refractivity contribution < 1.29 is 22.7 Å². The predicted octanol–water partition coefficient (Wildman–Crippen LogP) is 0.996. The Bertz CT molecular complexity index is 756. The number of halogens is 1. The van der Waals surface area contributed by atoms with Crippen molar-refractivity contribution in [3.8, 4) is 11.5 Å². The number of benzene rings is 1. The highest BCUT2D eigenvalue weighted by atomic mass is 35.5. The van der Waals surface area contributed by atoms with Gasteiger partial charge in [-0.15, -0.1) is 12.4 Å². The molecule has 0 bridgehead atoms. The monoisotopic (exact) mass is 391 g/mol. The van der Waals surface area contributed by atoms with E-state index in [0.29, 0.717) is 17.9 Å². The van der Waals surface area contributed by atoms with Crippen LogP contribution in [0.1, 0.15) is 25.7 Å². The Morgan fingerprint density at radius 1 is 1.36 bits per heavy atom. The molecule has 140 valence electrons.